The van der Waals surface area contributed by atoms with Crippen molar-refractivity contribution in [3.8, 4) is 0 Å². The van der Waals surface area contributed by atoms with Gasteiger partial charge in [-0.15, -0.1) is 11.8 Å². The monoisotopic (exact) mass is 243 g/mol. The van der Waals surface area contributed by atoms with Crippen molar-refractivity contribution in [1.82, 2.24) is 0 Å². The van der Waals surface area contributed by atoms with E-state index >= 15 is 0 Å². The lowest BCUT2D eigenvalue weighted by molar-refractivity contribution is -0.139. The van der Waals surface area contributed by atoms with E-state index in [9.17, 15) is 9.18 Å². The molecule has 1 aromatic rings. The number of rotatable bonds is 5. The molecule has 0 aliphatic rings. The summed E-state index contributed by atoms with van der Waals surface area (Å²) in [6.45, 7) is 2.38. The summed E-state index contributed by atoms with van der Waals surface area (Å²) in [4.78, 5) is 11.5. The molecule has 0 bridgehead atoms. The van der Waals surface area contributed by atoms with Crippen LogP contribution in [0, 0.1) is 5.82 Å². The number of nitrogens with two attached hydrogens (primary N) is 1. The lowest BCUT2D eigenvalue weighted by atomic mass is 10.2. The van der Waals surface area contributed by atoms with Crippen molar-refractivity contribution in [2.45, 2.75) is 18.4 Å². The standard InChI is InChI=1S/C11H14FNO2S/c1-2-15-11(14)7-16-10-4-3-8(6-13)5-9(10)12/h3-5H,2,6-7,13H2,1H3. The number of ether oxygens (including phenoxy) is 1. The second kappa shape index (κ2) is 6.50. The Morgan fingerprint density at radius 3 is 2.88 bits per heavy atom. The molecule has 5 heteroatoms. The molecule has 16 heavy (non-hydrogen) atoms. The molecule has 0 aromatic heterocycles. The van der Waals surface area contributed by atoms with Crippen LogP contribution in [0.3, 0.4) is 0 Å². The average Bonchev–Trinajstić information content (AvgIpc) is 2.27. The van der Waals surface area contributed by atoms with E-state index in [1.165, 1.54) is 6.07 Å². The minimum atomic E-state index is -0.350. The molecule has 0 heterocycles. The first-order valence-corrected chi connectivity index (χ1v) is 5.92. The Kier molecular flexibility index (Phi) is 5.28. The first-order valence-electron chi connectivity index (χ1n) is 4.94. The fraction of sp³-hybridized carbons (Fsp3) is 0.364. The van der Waals surface area contributed by atoms with E-state index in [0.717, 1.165) is 17.3 Å². The first kappa shape index (κ1) is 13.0. The van der Waals surface area contributed by atoms with E-state index in [2.05, 4.69) is 0 Å². The average molecular weight is 243 g/mol. The molecule has 0 atom stereocenters. The third kappa shape index (κ3) is 3.83. The fourth-order valence-electron chi connectivity index (χ4n) is 1.13. The largest absolute Gasteiger partial charge is 0.465 e. The van der Waals surface area contributed by atoms with E-state index < -0.39 is 0 Å². The Morgan fingerprint density at radius 2 is 2.31 bits per heavy atom. The lowest BCUT2D eigenvalue weighted by Gasteiger charge is -2.04. The summed E-state index contributed by atoms with van der Waals surface area (Å²) in [5.41, 5.74) is 6.12. The number of hydrogen-bond donors (Lipinski definition) is 1. The maximum Gasteiger partial charge on any atom is 0.316 e. The number of hydrogen-bond acceptors (Lipinski definition) is 4. The molecule has 0 amide bonds. The minimum absolute atomic E-state index is 0.118. The van der Waals surface area contributed by atoms with Crippen molar-refractivity contribution in [1.29, 1.82) is 0 Å². The summed E-state index contributed by atoms with van der Waals surface area (Å²) in [7, 11) is 0. The molecule has 0 radical (unpaired) electrons. The maximum absolute atomic E-state index is 13.4. The van der Waals surface area contributed by atoms with Crippen LogP contribution in [-0.2, 0) is 16.1 Å². The zero-order valence-electron chi connectivity index (χ0n) is 9.03. The van der Waals surface area contributed by atoms with Crippen LogP contribution in [0.5, 0.6) is 0 Å². The number of benzene rings is 1. The molecule has 1 rings (SSSR count). The SMILES string of the molecule is CCOC(=O)CSc1ccc(CN)cc1F. The van der Waals surface area contributed by atoms with Crippen LogP contribution in [0.1, 0.15) is 12.5 Å². The molecule has 3 nitrogen and oxygen atoms in total. The molecule has 0 fully saturated rings. The quantitative estimate of drug-likeness (QED) is 0.634. The molecule has 0 saturated carbocycles. The van der Waals surface area contributed by atoms with Crippen LogP contribution in [-0.4, -0.2) is 18.3 Å². The zero-order chi connectivity index (χ0) is 12.0. The van der Waals surface area contributed by atoms with Gasteiger partial charge >= 0.3 is 5.97 Å². The predicted molar refractivity (Wildman–Crippen MR) is 61.6 cm³/mol. The van der Waals surface area contributed by atoms with Crippen LogP contribution in [0.15, 0.2) is 23.1 Å². The van der Waals surface area contributed by atoms with Gasteiger partial charge in [0.25, 0.3) is 0 Å². The number of carbonyl (C=O) groups excluding carboxylic acids is 1. The van der Waals surface area contributed by atoms with Gasteiger partial charge in [0.05, 0.1) is 12.4 Å². The third-order valence-corrected chi connectivity index (χ3v) is 2.90. The number of halogens is 1. The van der Waals surface area contributed by atoms with Gasteiger partial charge in [-0.1, -0.05) is 6.07 Å². The van der Waals surface area contributed by atoms with E-state index in [1.807, 2.05) is 0 Å². The van der Waals surface area contributed by atoms with Crippen LogP contribution in [0.25, 0.3) is 0 Å². The fourth-order valence-corrected chi connectivity index (χ4v) is 1.85. The van der Waals surface area contributed by atoms with Gasteiger partial charge in [0.1, 0.15) is 5.82 Å². The van der Waals surface area contributed by atoms with E-state index in [1.54, 1.807) is 19.1 Å². The molecule has 0 aliphatic heterocycles. The molecule has 0 saturated heterocycles. The van der Waals surface area contributed by atoms with Gasteiger partial charge in [0.2, 0.25) is 0 Å². The topological polar surface area (TPSA) is 52.3 Å². The zero-order valence-corrected chi connectivity index (χ0v) is 9.85. The van der Waals surface area contributed by atoms with Crippen molar-refractivity contribution in [3.05, 3.63) is 29.6 Å². The lowest BCUT2D eigenvalue weighted by Crippen LogP contribution is -2.06. The van der Waals surface area contributed by atoms with E-state index in [4.69, 9.17) is 10.5 Å². The second-order valence-electron chi connectivity index (χ2n) is 3.06. The Labute approximate surface area is 98.2 Å². The summed E-state index contributed by atoms with van der Waals surface area (Å²) in [6, 6.07) is 4.76. The second-order valence-corrected chi connectivity index (χ2v) is 4.08. The van der Waals surface area contributed by atoms with Crippen LogP contribution in [0.4, 0.5) is 4.39 Å². The summed E-state index contributed by atoms with van der Waals surface area (Å²) >= 11 is 1.12. The van der Waals surface area contributed by atoms with Crippen molar-refractivity contribution in [2.75, 3.05) is 12.4 Å². The molecule has 1 aromatic carbocycles. The van der Waals surface area contributed by atoms with Crippen molar-refractivity contribution < 1.29 is 13.9 Å². The van der Waals surface area contributed by atoms with E-state index in [0.29, 0.717) is 18.0 Å². The predicted octanol–water partition coefficient (Wildman–Crippen LogP) is 1.94. The summed E-state index contributed by atoms with van der Waals surface area (Å²) < 4.78 is 18.2. The molecular weight excluding hydrogens is 229 g/mol. The minimum Gasteiger partial charge on any atom is -0.465 e. The highest BCUT2D eigenvalue weighted by Gasteiger charge is 2.07. The smallest absolute Gasteiger partial charge is 0.316 e. The van der Waals surface area contributed by atoms with Crippen LogP contribution >= 0.6 is 11.8 Å². The Balaban J connectivity index is 2.57. The van der Waals surface area contributed by atoms with Gasteiger partial charge in [-0.2, -0.15) is 0 Å². The molecule has 0 aliphatic carbocycles. The van der Waals surface area contributed by atoms with Crippen molar-refractivity contribution >= 4 is 17.7 Å². The van der Waals surface area contributed by atoms with Crippen LogP contribution in [0.2, 0.25) is 0 Å². The normalized spacial score (nSPS) is 10.2. The molecular formula is C11H14FNO2S. The van der Waals surface area contributed by atoms with Gasteiger partial charge in [-0.05, 0) is 24.6 Å². The number of carbonyl (C=O) groups is 1. The molecule has 2 N–H and O–H groups in total. The van der Waals surface area contributed by atoms with Gasteiger partial charge in [-0.25, -0.2) is 4.39 Å². The maximum atomic E-state index is 13.4. The number of thioether (sulfide) groups is 1. The Hall–Kier alpha value is -1.07. The Morgan fingerprint density at radius 1 is 1.56 bits per heavy atom. The summed E-state index contributed by atoms with van der Waals surface area (Å²) in [6.07, 6.45) is 0. The van der Waals surface area contributed by atoms with Crippen LogP contribution < -0.4 is 5.73 Å². The summed E-state index contributed by atoms with van der Waals surface area (Å²) in [5, 5.41) is 0. The Bertz CT molecular complexity index is 371. The van der Waals surface area contributed by atoms with Crippen molar-refractivity contribution in [2.24, 2.45) is 5.73 Å². The molecule has 88 valence electrons. The van der Waals surface area contributed by atoms with Gasteiger partial charge in [0.15, 0.2) is 0 Å². The van der Waals surface area contributed by atoms with Gasteiger partial charge in [-0.3, -0.25) is 4.79 Å². The van der Waals surface area contributed by atoms with Gasteiger partial charge in [0, 0.05) is 11.4 Å². The summed E-state index contributed by atoms with van der Waals surface area (Å²) in [5.74, 6) is -0.570. The third-order valence-electron chi connectivity index (χ3n) is 1.88. The highest BCUT2D eigenvalue weighted by molar-refractivity contribution is 8.00. The van der Waals surface area contributed by atoms with E-state index in [-0.39, 0.29) is 17.5 Å². The highest BCUT2D eigenvalue weighted by Crippen LogP contribution is 2.22. The van der Waals surface area contributed by atoms with Crippen molar-refractivity contribution in [3.63, 3.8) is 0 Å². The molecule has 0 spiro atoms. The molecule has 0 unspecified atom stereocenters. The highest BCUT2D eigenvalue weighted by atomic mass is 32.2. The van der Waals surface area contributed by atoms with Gasteiger partial charge < -0.3 is 10.5 Å². The first-order chi connectivity index (χ1) is 7.67. The number of esters is 1.